The Morgan fingerprint density at radius 2 is 1.92 bits per heavy atom. The van der Waals surface area contributed by atoms with E-state index in [1.54, 1.807) is 19.1 Å². The zero-order valence-electron chi connectivity index (χ0n) is 20.4. The maximum Gasteiger partial charge on any atom is 0.173 e. The number of rotatable bonds is 7. The van der Waals surface area contributed by atoms with Gasteiger partial charge < -0.3 is 4.57 Å². The number of fused-ring (bicyclic) bond motifs is 1. The van der Waals surface area contributed by atoms with Gasteiger partial charge in [0.1, 0.15) is 17.5 Å². The Labute approximate surface area is 213 Å². The van der Waals surface area contributed by atoms with Crippen molar-refractivity contribution in [3.8, 4) is 11.4 Å². The maximum absolute atomic E-state index is 15.1. The predicted molar refractivity (Wildman–Crippen MR) is 139 cm³/mol. The van der Waals surface area contributed by atoms with Crippen LogP contribution in [-0.4, -0.2) is 21.1 Å². The molecule has 4 aromatic rings. The normalized spacial score (nSPS) is 18.0. The first-order chi connectivity index (χ1) is 17.3. The van der Waals surface area contributed by atoms with Crippen molar-refractivity contribution in [3.05, 3.63) is 75.5 Å². The van der Waals surface area contributed by atoms with Crippen molar-refractivity contribution in [2.24, 2.45) is 5.92 Å². The molecule has 7 heteroatoms. The lowest BCUT2D eigenvalue weighted by molar-refractivity contribution is 0.0944. The van der Waals surface area contributed by atoms with Crippen molar-refractivity contribution in [1.29, 1.82) is 0 Å². The topological polar surface area (TPSA) is 52.0 Å². The molecule has 0 saturated heterocycles. The Balaban J connectivity index is 1.54. The number of benzene rings is 2. The second kappa shape index (κ2) is 10.1. The number of carbonyl (C=O) groups is 2. The molecular formula is C29H28F2N2O2S. The Kier molecular flexibility index (Phi) is 6.84. The van der Waals surface area contributed by atoms with Gasteiger partial charge in [0.2, 0.25) is 0 Å². The summed E-state index contributed by atoms with van der Waals surface area (Å²) in [5.74, 6) is -0.322. The van der Waals surface area contributed by atoms with Gasteiger partial charge in [-0.05, 0) is 62.4 Å². The first kappa shape index (κ1) is 24.5. The molecule has 2 atom stereocenters. The third kappa shape index (κ3) is 4.76. The molecular weight excluding hydrogens is 478 g/mol. The molecule has 2 aromatic heterocycles. The van der Waals surface area contributed by atoms with Crippen LogP contribution >= 0.6 is 11.3 Å². The highest BCUT2D eigenvalue weighted by atomic mass is 32.1. The molecule has 1 saturated carbocycles. The number of Topliss-reactive ketones (excluding diaryl/α,β-unsaturated/α-hetero) is 2. The van der Waals surface area contributed by atoms with E-state index in [1.807, 2.05) is 23.6 Å². The number of nitrogens with zero attached hydrogens (tertiary/aromatic N) is 2. The first-order valence-corrected chi connectivity index (χ1v) is 13.3. The lowest BCUT2D eigenvalue weighted by Crippen LogP contribution is -2.22. The molecule has 0 radical (unpaired) electrons. The van der Waals surface area contributed by atoms with Gasteiger partial charge in [-0.1, -0.05) is 25.5 Å². The largest absolute Gasteiger partial charge is 0.321 e. The van der Waals surface area contributed by atoms with Gasteiger partial charge in [-0.3, -0.25) is 9.59 Å². The number of hydrogen-bond donors (Lipinski definition) is 0. The molecule has 0 spiro atoms. The van der Waals surface area contributed by atoms with E-state index in [0.29, 0.717) is 28.8 Å². The lowest BCUT2D eigenvalue weighted by atomic mass is 9.82. The summed E-state index contributed by atoms with van der Waals surface area (Å²) >= 11 is 1.52. The van der Waals surface area contributed by atoms with Crippen LogP contribution in [0.4, 0.5) is 8.78 Å². The quantitative estimate of drug-likeness (QED) is 0.239. The zero-order chi connectivity index (χ0) is 25.4. The Bertz CT molecular complexity index is 1460. The van der Waals surface area contributed by atoms with E-state index in [1.165, 1.54) is 35.6 Å². The summed E-state index contributed by atoms with van der Waals surface area (Å²) in [5, 5.41) is 0. The fraction of sp³-hybridized carbons (Fsp3) is 0.345. The van der Waals surface area contributed by atoms with Gasteiger partial charge in [0, 0.05) is 35.4 Å². The van der Waals surface area contributed by atoms with Crippen LogP contribution in [0.1, 0.15) is 76.4 Å². The van der Waals surface area contributed by atoms with Crippen molar-refractivity contribution in [3.63, 3.8) is 0 Å². The summed E-state index contributed by atoms with van der Waals surface area (Å²) < 4.78 is 31.2. The molecule has 1 aliphatic rings. The first-order valence-electron chi connectivity index (χ1n) is 12.4. The third-order valence-corrected chi connectivity index (χ3v) is 8.13. The van der Waals surface area contributed by atoms with Gasteiger partial charge >= 0.3 is 0 Å². The van der Waals surface area contributed by atoms with E-state index in [4.69, 9.17) is 4.98 Å². The van der Waals surface area contributed by atoms with Crippen molar-refractivity contribution >= 4 is 33.9 Å². The van der Waals surface area contributed by atoms with E-state index in [9.17, 15) is 14.0 Å². The lowest BCUT2D eigenvalue weighted by Gasteiger charge is -2.31. The molecule has 1 aliphatic carbocycles. The fourth-order valence-corrected chi connectivity index (χ4v) is 6.17. The molecule has 5 rings (SSSR count). The molecule has 1 fully saturated rings. The van der Waals surface area contributed by atoms with Gasteiger partial charge in [0.25, 0.3) is 0 Å². The number of aromatic nitrogens is 2. The summed E-state index contributed by atoms with van der Waals surface area (Å²) in [6.45, 7) is 3.69. The van der Waals surface area contributed by atoms with Crippen molar-refractivity contribution in [2.75, 3.05) is 0 Å². The molecule has 0 amide bonds. The van der Waals surface area contributed by atoms with Crippen LogP contribution < -0.4 is 0 Å². The van der Waals surface area contributed by atoms with Crippen LogP contribution in [0, 0.1) is 24.5 Å². The number of halogens is 2. The minimum atomic E-state index is -0.572. The van der Waals surface area contributed by atoms with Crippen molar-refractivity contribution in [1.82, 2.24) is 9.55 Å². The van der Waals surface area contributed by atoms with Crippen molar-refractivity contribution in [2.45, 2.75) is 58.4 Å². The predicted octanol–water partition coefficient (Wildman–Crippen LogP) is 7.95. The van der Waals surface area contributed by atoms with Crippen LogP contribution in [-0.2, 0) is 0 Å². The number of imidazole rings is 1. The van der Waals surface area contributed by atoms with Gasteiger partial charge in [-0.25, -0.2) is 13.8 Å². The third-order valence-electron chi connectivity index (χ3n) is 7.09. The summed E-state index contributed by atoms with van der Waals surface area (Å²) in [5.41, 5.74) is 1.73. The number of ketones is 2. The Hall–Kier alpha value is -3.19. The molecule has 186 valence electrons. The van der Waals surface area contributed by atoms with Crippen molar-refractivity contribution < 1.29 is 18.4 Å². The monoisotopic (exact) mass is 506 g/mol. The second-order valence-corrected chi connectivity index (χ2v) is 10.9. The number of aryl methyl sites for hydroxylation is 1. The molecule has 0 aliphatic heterocycles. The average Bonchev–Trinajstić information content (AvgIpc) is 3.46. The molecule has 2 heterocycles. The SMILES string of the molecule is CCC(=O)c1cc2nc(-c3cccc(F)c3)n(C3CCC[C@@H](CC(=O)c4ccc(C)s4)C3)c2cc1F. The minimum Gasteiger partial charge on any atom is -0.321 e. The van der Waals surface area contributed by atoms with Crippen LogP contribution in [0.2, 0.25) is 0 Å². The highest BCUT2D eigenvalue weighted by Crippen LogP contribution is 2.40. The molecule has 1 unspecified atom stereocenters. The summed E-state index contributed by atoms with van der Waals surface area (Å²) in [6.07, 6.45) is 4.17. The van der Waals surface area contributed by atoms with Gasteiger partial charge in [-0.2, -0.15) is 0 Å². The second-order valence-electron chi connectivity index (χ2n) is 9.64. The standard InChI is InChI=1S/C29H28F2N2O2S/c1-3-26(34)22-15-24-25(16-23(22)31)33(29(32-24)19-7-5-8-20(30)14-19)21-9-4-6-18(12-21)13-27(35)28-11-10-17(2)36-28/h5,7-8,10-11,14-16,18,21H,3-4,6,9,12-13H2,1-2H3/t18-,21?/m1/s1. The molecule has 0 N–H and O–H groups in total. The summed E-state index contributed by atoms with van der Waals surface area (Å²) in [4.78, 5) is 31.9. The zero-order valence-corrected chi connectivity index (χ0v) is 21.2. The molecule has 36 heavy (non-hydrogen) atoms. The minimum absolute atomic E-state index is 0.0167. The van der Waals surface area contributed by atoms with Crippen LogP contribution in [0.5, 0.6) is 0 Å². The highest BCUT2D eigenvalue weighted by molar-refractivity contribution is 7.14. The highest BCUT2D eigenvalue weighted by Gasteiger charge is 2.29. The van der Waals surface area contributed by atoms with Gasteiger partial charge in [0.05, 0.1) is 21.5 Å². The van der Waals surface area contributed by atoms with Crippen LogP contribution in [0.15, 0.2) is 48.5 Å². The Morgan fingerprint density at radius 3 is 2.64 bits per heavy atom. The number of thiophene rings is 1. The average molecular weight is 507 g/mol. The van der Waals surface area contributed by atoms with E-state index in [-0.39, 0.29) is 41.3 Å². The molecule has 0 bridgehead atoms. The summed E-state index contributed by atoms with van der Waals surface area (Å²) in [6, 6.07) is 13.0. The van der Waals surface area contributed by atoms with E-state index in [2.05, 4.69) is 0 Å². The molecule has 4 nitrogen and oxygen atoms in total. The number of hydrogen-bond acceptors (Lipinski definition) is 4. The van der Waals surface area contributed by atoms with E-state index >= 15 is 4.39 Å². The Morgan fingerprint density at radius 1 is 1.08 bits per heavy atom. The summed E-state index contributed by atoms with van der Waals surface area (Å²) in [7, 11) is 0. The van der Waals surface area contributed by atoms with Gasteiger partial charge in [0.15, 0.2) is 11.6 Å². The molecule has 2 aromatic carbocycles. The maximum atomic E-state index is 15.1. The van der Waals surface area contributed by atoms with Crippen LogP contribution in [0.3, 0.4) is 0 Å². The van der Waals surface area contributed by atoms with E-state index in [0.717, 1.165) is 35.4 Å². The smallest absolute Gasteiger partial charge is 0.173 e. The fourth-order valence-electron chi connectivity index (χ4n) is 5.35. The van der Waals surface area contributed by atoms with Gasteiger partial charge in [-0.15, -0.1) is 11.3 Å². The van der Waals surface area contributed by atoms with E-state index < -0.39 is 5.82 Å². The number of carbonyl (C=O) groups excluding carboxylic acids is 2. The van der Waals surface area contributed by atoms with Crippen LogP contribution in [0.25, 0.3) is 22.4 Å².